The molecule has 0 aliphatic heterocycles. The molecule has 20 heavy (non-hydrogen) atoms. The maximum Gasteiger partial charge on any atom is 0.192 e. The molecular weight excluding hydrogens is 320 g/mol. The molecule has 0 aromatic heterocycles. The van der Waals surface area contributed by atoms with Crippen LogP contribution in [0.15, 0.2) is 53.0 Å². The number of rotatable bonds is 6. The average Bonchev–Trinajstić information content (AvgIpc) is 2.47. The molecule has 0 heterocycles. The molecule has 0 fully saturated rings. The Morgan fingerprint density at radius 2 is 1.95 bits per heavy atom. The first-order valence-electron chi connectivity index (χ1n) is 6.19. The first-order chi connectivity index (χ1) is 9.70. The van der Waals surface area contributed by atoms with Crippen molar-refractivity contribution in [1.82, 2.24) is 0 Å². The van der Waals surface area contributed by atoms with Crippen molar-refractivity contribution in [3.8, 4) is 5.75 Å². The van der Waals surface area contributed by atoms with Crippen LogP contribution in [0.25, 0.3) is 0 Å². The fourth-order valence-electron chi connectivity index (χ4n) is 1.84. The standard InChI is InChI=1S/C16H15BrO3/c1-19-16-8-3-2-7-14(16)15(18)11-20-10-12-5-4-6-13(17)9-12/h2-9H,10-11H2,1H3. The SMILES string of the molecule is COc1ccccc1C(=O)COCc1cccc(Br)c1. The van der Waals surface area contributed by atoms with E-state index in [1.54, 1.807) is 19.2 Å². The lowest BCUT2D eigenvalue weighted by molar-refractivity contribution is 0.0723. The molecular formula is C16H15BrO3. The van der Waals surface area contributed by atoms with E-state index in [1.165, 1.54) is 0 Å². The van der Waals surface area contributed by atoms with Gasteiger partial charge in [0.25, 0.3) is 0 Å². The summed E-state index contributed by atoms with van der Waals surface area (Å²) in [4.78, 5) is 12.1. The van der Waals surface area contributed by atoms with Crippen LogP contribution in [-0.4, -0.2) is 19.5 Å². The van der Waals surface area contributed by atoms with Crippen molar-refractivity contribution in [2.45, 2.75) is 6.61 Å². The second-order valence-electron chi connectivity index (χ2n) is 4.25. The van der Waals surface area contributed by atoms with E-state index in [2.05, 4.69) is 15.9 Å². The van der Waals surface area contributed by atoms with Gasteiger partial charge < -0.3 is 9.47 Å². The first kappa shape index (κ1) is 14.8. The van der Waals surface area contributed by atoms with E-state index < -0.39 is 0 Å². The lowest BCUT2D eigenvalue weighted by Gasteiger charge is -2.08. The summed E-state index contributed by atoms with van der Waals surface area (Å²) in [6.45, 7) is 0.438. The van der Waals surface area contributed by atoms with Crippen molar-refractivity contribution in [1.29, 1.82) is 0 Å². The van der Waals surface area contributed by atoms with E-state index in [0.29, 0.717) is 17.9 Å². The van der Waals surface area contributed by atoms with E-state index in [0.717, 1.165) is 10.0 Å². The van der Waals surface area contributed by atoms with E-state index >= 15 is 0 Å². The molecule has 3 nitrogen and oxygen atoms in total. The second kappa shape index (κ2) is 7.22. The topological polar surface area (TPSA) is 35.5 Å². The van der Waals surface area contributed by atoms with Gasteiger partial charge in [0.15, 0.2) is 5.78 Å². The Labute approximate surface area is 126 Å². The Balaban J connectivity index is 1.92. The van der Waals surface area contributed by atoms with E-state index in [1.807, 2.05) is 36.4 Å². The minimum absolute atomic E-state index is 0.0346. The van der Waals surface area contributed by atoms with Gasteiger partial charge >= 0.3 is 0 Å². The lowest BCUT2D eigenvalue weighted by atomic mass is 10.1. The number of halogens is 1. The van der Waals surface area contributed by atoms with Crippen LogP contribution in [0, 0.1) is 0 Å². The van der Waals surface area contributed by atoms with Gasteiger partial charge in [-0.25, -0.2) is 0 Å². The third-order valence-corrected chi connectivity index (χ3v) is 3.29. The Morgan fingerprint density at radius 3 is 2.70 bits per heavy atom. The third-order valence-electron chi connectivity index (χ3n) is 2.80. The Hall–Kier alpha value is -1.65. The summed E-state index contributed by atoms with van der Waals surface area (Å²) in [5, 5.41) is 0. The summed E-state index contributed by atoms with van der Waals surface area (Å²) in [5.74, 6) is 0.487. The van der Waals surface area contributed by atoms with Gasteiger partial charge in [-0.2, -0.15) is 0 Å². The van der Waals surface area contributed by atoms with Crippen molar-refractivity contribution < 1.29 is 14.3 Å². The van der Waals surface area contributed by atoms with Crippen LogP contribution < -0.4 is 4.74 Å². The third kappa shape index (κ3) is 3.92. The summed E-state index contributed by atoms with van der Waals surface area (Å²) in [5.41, 5.74) is 1.57. The molecule has 0 aliphatic carbocycles. The number of hydrogen-bond donors (Lipinski definition) is 0. The number of carbonyl (C=O) groups excluding carboxylic acids is 1. The van der Waals surface area contributed by atoms with Crippen LogP contribution >= 0.6 is 15.9 Å². The molecule has 2 aromatic carbocycles. The molecule has 0 amide bonds. The monoisotopic (exact) mass is 334 g/mol. The Morgan fingerprint density at radius 1 is 1.15 bits per heavy atom. The molecule has 0 saturated heterocycles. The second-order valence-corrected chi connectivity index (χ2v) is 5.16. The molecule has 2 aromatic rings. The van der Waals surface area contributed by atoms with Crippen molar-refractivity contribution in [3.63, 3.8) is 0 Å². The van der Waals surface area contributed by atoms with Gasteiger partial charge in [-0.1, -0.05) is 40.2 Å². The fourth-order valence-corrected chi connectivity index (χ4v) is 2.29. The number of para-hydroxylation sites is 1. The molecule has 104 valence electrons. The highest BCUT2D eigenvalue weighted by Gasteiger charge is 2.11. The zero-order valence-corrected chi connectivity index (χ0v) is 12.7. The molecule has 0 radical (unpaired) electrons. The predicted octanol–water partition coefficient (Wildman–Crippen LogP) is 3.86. The maximum absolute atomic E-state index is 12.1. The zero-order chi connectivity index (χ0) is 14.4. The number of Topliss-reactive ketones (excluding diaryl/α,β-unsaturated/α-hetero) is 1. The van der Waals surface area contributed by atoms with E-state index in [-0.39, 0.29) is 12.4 Å². The molecule has 0 aliphatic rings. The maximum atomic E-state index is 12.1. The lowest BCUT2D eigenvalue weighted by Crippen LogP contribution is -2.10. The highest BCUT2D eigenvalue weighted by atomic mass is 79.9. The Kier molecular flexibility index (Phi) is 5.32. The van der Waals surface area contributed by atoms with Gasteiger partial charge in [-0.3, -0.25) is 4.79 Å². The summed E-state index contributed by atoms with van der Waals surface area (Å²) < 4.78 is 11.6. The minimum atomic E-state index is -0.0857. The van der Waals surface area contributed by atoms with E-state index in [4.69, 9.17) is 9.47 Å². The number of benzene rings is 2. The number of hydrogen-bond acceptors (Lipinski definition) is 3. The molecule has 0 atom stereocenters. The van der Waals surface area contributed by atoms with Crippen LogP contribution in [0.5, 0.6) is 5.75 Å². The number of ether oxygens (including phenoxy) is 2. The molecule has 0 N–H and O–H groups in total. The molecule has 2 rings (SSSR count). The van der Waals surface area contributed by atoms with E-state index in [9.17, 15) is 4.79 Å². The van der Waals surface area contributed by atoms with Crippen molar-refractivity contribution in [3.05, 3.63) is 64.1 Å². The Bertz CT molecular complexity index is 596. The summed E-state index contributed by atoms with van der Waals surface area (Å²) in [6.07, 6.45) is 0. The van der Waals surface area contributed by atoms with Crippen molar-refractivity contribution in [2.75, 3.05) is 13.7 Å². The minimum Gasteiger partial charge on any atom is -0.496 e. The smallest absolute Gasteiger partial charge is 0.192 e. The predicted molar refractivity (Wildman–Crippen MR) is 81.1 cm³/mol. The fraction of sp³-hybridized carbons (Fsp3) is 0.188. The molecule has 4 heteroatoms. The van der Waals surface area contributed by atoms with Crippen LogP contribution in [0.2, 0.25) is 0 Å². The molecule has 0 saturated carbocycles. The summed E-state index contributed by atoms with van der Waals surface area (Å²) in [7, 11) is 1.55. The first-order valence-corrected chi connectivity index (χ1v) is 6.98. The van der Waals surface area contributed by atoms with Gasteiger partial charge in [-0.05, 0) is 29.8 Å². The number of methoxy groups -OCH3 is 1. The van der Waals surface area contributed by atoms with Gasteiger partial charge in [0, 0.05) is 4.47 Å². The quantitative estimate of drug-likeness (QED) is 0.752. The van der Waals surface area contributed by atoms with Gasteiger partial charge in [0.1, 0.15) is 12.4 Å². The average molecular weight is 335 g/mol. The molecule has 0 spiro atoms. The van der Waals surface area contributed by atoms with Gasteiger partial charge in [-0.15, -0.1) is 0 Å². The summed E-state index contributed by atoms with van der Waals surface area (Å²) >= 11 is 3.40. The molecule has 0 unspecified atom stereocenters. The van der Waals surface area contributed by atoms with Crippen LogP contribution in [0.1, 0.15) is 15.9 Å². The largest absolute Gasteiger partial charge is 0.496 e. The normalized spacial score (nSPS) is 10.3. The van der Waals surface area contributed by atoms with Gasteiger partial charge in [0.05, 0.1) is 19.3 Å². The van der Waals surface area contributed by atoms with Gasteiger partial charge in [0.2, 0.25) is 0 Å². The highest BCUT2D eigenvalue weighted by molar-refractivity contribution is 9.10. The van der Waals surface area contributed by atoms with Crippen molar-refractivity contribution >= 4 is 21.7 Å². The van der Waals surface area contributed by atoms with Crippen LogP contribution in [0.4, 0.5) is 0 Å². The molecule has 0 bridgehead atoms. The number of ketones is 1. The summed E-state index contributed by atoms with van der Waals surface area (Å²) in [6, 6.07) is 15.0. The zero-order valence-electron chi connectivity index (χ0n) is 11.1. The van der Waals surface area contributed by atoms with Crippen LogP contribution in [-0.2, 0) is 11.3 Å². The number of carbonyl (C=O) groups is 1. The highest BCUT2D eigenvalue weighted by Crippen LogP contribution is 2.18. The van der Waals surface area contributed by atoms with Crippen molar-refractivity contribution in [2.24, 2.45) is 0 Å². The van der Waals surface area contributed by atoms with Crippen LogP contribution in [0.3, 0.4) is 0 Å².